The molecule has 1 saturated carbocycles. The van der Waals surface area contributed by atoms with Crippen molar-refractivity contribution in [2.45, 2.75) is 31.6 Å². The highest BCUT2D eigenvalue weighted by molar-refractivity contribution is 5.41. The van der Waals surface area contributed by atoms with Crippen LogP contribution >= 0.6 is 0 Å². The average Bonchev–Trinajstić information content (AvgIpc) is 2.21. The summed E-state index contributed by atoms with van der Waals surface area (Å²) >= 11 is 0. The predicted octanol–water partition coefficient (Wildman–Crippen LogP) is 2.52. The molecule has 1 aromatic carbocycles. The second-order valence-electron chi connectivity index (χ2n) is 4.67. The predicted molar refractivity (Wildman–Crippen MR) is 62.3 cm³/mol. The van der Waals surface area contributed by atoms with Gasteiger partial charge in [0.2, 0.25) is 0 Å². The largest absolute Gasteiger partial charge is 0.494 e. The molecule has 1 aliphatic carbocycles. The van der Waals surface area contributed by atoms with Crippen molar-refractivity contribution in [1.29, 1.82) is 0 Å². The standard InChI is InChI=1S/C13H18FNO/c1-9-6-10(12(14)11(7-9)16-2)13(8-15)4-3-5-13/h6-7H,3-5,8,15H2,1-2H3. The van der Waals surface area contributed by atoms with E-state index in [4.69, 9.17) is 10.5 Å². The number of methoxy groups -OCH3 is 1. The van der Waals surface area contributed by atoms with Gasteiger partial charge >= 0.3 is 0 Å². The van der Waals surface area contributed by atoms with E-state index in [1.54, 1.807) is 6.07 Å². The fraction of sp³-hybridized carbons (Fsp3) is 0.538. The molecule has 0 aliphatic heterocycles. The van der Waals surface area contributed by atoms with E-state index in [0.29, 0.717) is 12.3 Å². The lowest BCUT2D eigenvalue weighted by Crippen LogP contribution is -2.42. The molecule has 88 valence electrons. The Morgan fingerprint density at radius 1 is 1.44 bits per heavy atom. The quantitative estimate of drug-likeness (QED) is 0.854. The molecule has 16 heavy (non-hydrogen) atoms. The second kappa shape index (κ2) is 4.06. The van der Waals surface area contributed by atoms with Gasteiger partial charge < -0.3 is 10.5 Å². The molecule has 0 aromatic heterocycles. The number of nitrogens with two attached hydrogens (primary N) is 1. The smallest absolute Gasteiger partial charge is 0.168 e. The summed E-state index contributed by atoms with van der Waals surface area (Å²) in [6, 6.07) is 3.63. The van der Waals surface area contributed by atoms with E-state index in [1.165, 1.54) is 7.11 Å². The van der Waals surface area contributed by atoms with Crippen LogP contribution in [0, 0.1) is 12.7 Å². The van der Waals surface area contributed by atoms with Gasteiger partial charge in [0.05, 0.1) is 7.11 Å². The Bertz CT molecular complexity index is 394. The maximum Gasteiger partial charge on any atom is 0.168 e. The molecule has 0 unspecified atom stereocenters. The molecule has 0 spiro atoms. The van der Waals surface area contributed by atoms with Crippen LogP contribution in [0.4, 0.5) is 4.39 Å². The van der Waals surface area contributed by atoms with Crippen molar-refractivity contribution in [3.05, 3.63) is 29.1 Å². The zero-order valence-electron chi connectivity index (χ0n) is 9.85. The van der Waals surface area contributed by atoms with E-state index in [1.807, 2.05) is 13.0 Å². The summed E-state index contributed by atoms with van der Waals surface area (Å²) in [5.41, 5.74) is 7.41. The van der Waals surface area contributed by atoms with E-state index in [0.717, 1.165) is 30.4 Å². The number of ether oxygens (including phenoxy) is 1. The molecule has 0 radical (unpaired) electrons. The average molecular weight is 223 g/mol. The van der Waals surface area contributed by atoms with E-state index >= 15 is 0 Å². The highest BCUT2D eigenvalue weighted by atomic mass is 19.1. The second-order valence-corrected chi connectivity index (χ2v) is 4.67. The van der Waals surface area contributed by atoms with Crippen LogP contribution in [-0.4, -0.2) is 13.7 Å². The van der Waals surface area contributed by atoms with Crippen LogP contribution in [0.3, 0.4) is 0 Å². The molecule has 2 nitrogen and oxygen atoms in total. The summed E-state index contributed by atoms with van der Waals surface area (Å²) in [7, 11) is 1.50. The minimum atomic E-state index is -0.238. The number of halogens is 1. The van der Waals surface area contributed by atoms with Crippen LogP contribution in [0.15, 0.2) is 12.1 Å². The lowest BCUT2D eigenvalue weighted by Gasteiger charge is -2.42. The molecule has 0 saturated heterocycles. The maximum absolute atomic E-state index is 14.2. The first-order chi connectivity index (χ1) is 7.63. The van der Waals surface area contributed by atoms with Crippen molar-refractivity contribution in [1.82, 2.24) is 0 Å². The lowest BCUT2D eigenvalue weighted by atomic mass is 9.64. The van der Waals surface area contributed by atoms with Gasteiger partial charge in [-0.3, -0.25) is 0 Å². The van der Waals surface area contributed by atoms with Crippen molar-refractivity contribution in [3.8, 4) is 5.75 Å². The summed E-state index contributed by atoms with van der Waals surface area (Å²) in [5.74, 6) is 0.0907. The van der Waals surface area contributed by atoms with Crippen molar-refractivity contribution in [2.75, 3.05) is 13.7 Å². The number of hydrogen-bond acceptors (Lipinski definition) is 2. The van der Waals surface area contributed by atoms with Gasteiger partial charge in [0.25, 0.3) is 0 Å². The van der Waals surface area contributed by atoms with Crippen molar-refractivity contribution < 1.29 is 9.13 Å². The molecule has 1 aromatic rings. The fourth-order valence-electron chi connectivity index (χ4n) is 2.46. The highest BCUT2D eigenvalue weighted by Crippen LogP contribution is 2.45. The molecule has 1 aliphatic rings. The van der Waals surface area contributed by atoms with Gasteiger partial charge in [-0.25, -0.2) is 4.39 Å². The van der Waals surface area contributed by atoms with Crippen molar-refractivity contribution >= 4 is 0 Å². The highest BCUT2D eigenvalue weighted by Gasteiger charge is 2.40. The zero-order valence-corrected chi connectivity index (χ0v) is 9.85. The number of benzene rings is 1. The third-order valence-corrected chi connectivity index (χ3v) is 3.68. The molecule has 0 atom stereocenters. The van der Waals surface area contributed by atoms with Crippen molar-refractivity contribution in [3.63, 3.8) is 0 Å². The molecule has 0 heterocycles. The van der Waals surface area contributed by atoms with Gasteiger partial charge in [-0.2, -0.15) is 0 Å². The Kier molecular flexibility index (Phi) is 2.89. The van der Waals surface area contributed by atoms with E-state index in [9.17, 15) is 4.39 Å². The Balaban J connectivity index is 2.51. The Labute approximate surface area is 95.6 Å². The number of hydrogen-bond donors (Lipinski definition) is 1. The molecule has 1 fully saturated rings. The zero-order chi connectivity index (χ0) is 11.8. The normalized spacial score (nSPS) is 18.0. The first kappa shape index (κ1) is 11.4. The van der Waals surface area contributed by atoms with Crippen LogP contribution in [0.5, 0.6) is 5.75 Å². The molecular weight excluding hydrogens is 205 g/mol. The van der Waals surface area contributed by atoms with Gasteiger partial charge in [-0.1, -0.05) is 12.5 Å². The topological polar surface area (TPSA) is 35.2 Å². The monoisotopic (exact) mass is 223 g/mol. The third kappa shape index (κ3) is 1.59. The third-order valence-electron chi connectivity index (χ3n) is 3.68. The minimum absolute atomic E-state index is 0.149. The minimum Gasteiger partial charge on any atom is -0.494 e. The maximum atomic E-state index is 14.2. The molecule has 3 heteroatoms. The van der Waals surface area contributed by atoms with E-state index in [-0.39, 0.29) is 11.2 Å². The van der Waals surface area contributed by atoms with Gasteiger partial charge in [0, 0.05) is 12.0 Å². The summed E-state index contributed by atoms with van der Waals surface area (Å²) in [5, 5.41) is 0. The Hall–Kier alpha value is -1.09. The first-order valence-corrected chi connectivity index (χ1v) is 5.67. The first-order valence-electron chi connectivity index (χ1n) is 5.67. The van der Waals surface area contributed by atoms with Crippen LogP contribution in [-0.2, 0) is 5.41 Å². The van der Waals surface area contributed by atoms with Crippen LogP contribution in [0.1, 0.15) is 30.4 Å². The summed E-state index contributed by atoms with van der Waals surface area (Å²) < 4.78 is 19.2. The molecular formula is C13H18FNO. The Morgan fingerprint density at radius 2 is 2.12 bits per heavy atom. The van der Waals surface area contributed by atoms with Crippen molar-refractivity contribution in [2.24, 2.45) is 5.73 Å². The molecule has 2 rings (SSSR count). The fourth-order valence-corrected chi connectivity index (χ4v) is 2.46. The SMILES string of the molecule is COc1cc(C)cc(C2(CN)CCC2)c1F. The van der Waals surface area contributed by atoms with E-state index in [2.05, 4.69) is 0 Å². The molecule has 0 bridgehead atoms. The Morgan fingerprint density at radius 3 is 2.56 bits per heavy atom. The van der Waals surface area contributed by atoms with E-state index < -0.39 is 0 Å². The van der Waals surface area contributed by atoms with Gasteiger partial charge in [-0.05, 0) is 37.0 Å². The summed E-state index contributed by atoms with van der Waals surface area (Å²) in [6.07, 6.45) is 3.09. The van der Waals surface area contributed by atoms with Gasteiger partial charge in [-0.15, -0.1) is 0 Å². The molecule has 0 amide bonds. The van der Waals surface area contributed by atoms with Gasteiger partial charge in [0.15, 0.2) is 11.6 Å². The van der Waals surface area contributed by atoms with Crippen LogP contribution in [0.2, 0.25) is 0 Å². The number of aryl methyl sites for hydroxylation is 1. The summed E-state index contributed by atoms with van der Waals surface area (Å²) in [4.78, 5) is 0. The lowest BCUT2D eigenvalue weighted by molar-refractivity contribution is 0.241. The number of rotatable bonds is 3. The van der Waals surface area contributed by atoms with Crippen LogP contribution < -0.4 is 10.5 Å². The molecule has 2 N–H and O–H groups in total. The van der Waals surface area contributed by atoms with Gasteiger partial charge in [0.1, 0.15) is 0 Å². The van der Waals surface area contributed by atoms with Crippen LogP contribution in [0.25, 0.3) is 0 Å². The summed E-state index contributed by atoms with van der Waals surface area (Å²) in [6.45, 7) is 2.46.